The summed E-state index contributed by atoms with van der Waals surface area (Å²) in [7, 11) is 1.60. The van der Waals surface area contributed by atoms with E-state index < -0.39 is 0 Å². The third kappa shape index (κ3) is 2.99. The van der Waals surface area contributed by atoms with E-state index in [-0.39, 0.29) is 22.9 Å². The van der Waals surface area contributed by atoms with Crippen molar-refractivity contribution >= 4 is 16.8 Å². The normalized spacial score (nSPS) is 14.0. The molecule has 1 aliphatic rings. The molecule has 0 radical (unpaired) electrons. The van der Waals surface area contributed by atoms with E-state index in [0.29, 0.717) is 11.1 Å². The number of amides is 1. The van der Waals surface area contributed by atoms with Gasteiger partial charge in [0, 0.05) is 23.7 Å². The van der Waals surface area contributed by atoms with Gasteiger partial charge in [-0.15, -0.1) is 0 Å². The molecule has 27 heavy (non-hydrogen) atoms. The van der Waals surface area contributed by atoms with Crippen LogP contribution in [0.3, 0.4) is 0 Å². The third-order valence-electron chi connectivity index (χ3n) is 5.22. The van der Waals surface area contributed by atoms with Crippen LogP contribution in [0, 0.1) is 0 Å². The maximum atomic E-state index is 13.0. The van der Waals surface area contributed by atoms with E-state index in [1.165, 1.54) is 5.56 Å². The molecular weight excluding hydrogens is 340 g/mol. The third-order valence-corrected chi connectivity index (χ3v) is 5.22. The van der Waals surface area contributed by atoms with Crippen molar-refractivity contribution in [1.82, 2.24) is 9.88 Å². The lowest BCUT2D eigenvalue weighted by molar-refractivity contribution is 0.0938. The lowest BCUT2D eigenvalue weighted by atomic mass is 9.99. The zero-order valence-corrected chi connectivity index (χ0v) is 15.5. The lowest BCUT2D eigenvalue weighted by Gasteiger charge is -2.21. The Kier molecular flexibility index (Phi) is 4.44. The van der Waals surface area contributed by atoms with Crippen molar-refractivity contribution in [3.8, 4) is 5.75 Å². The second-order valence-electron chi connectivity index (χ2n) is 6.92. The van der Waals surface area contributed by atoms with Crippen LogP contribution in [0.2, 0.25) is 0 Å². The molecule has 1 atom stereocenters. The SMILES string of the molecule is COc1ccccc1C(C)NC(=O)c1cn2c3c(cccc3c1=O)CCC2. The summed E-state index contributed by atoms with van der Waals surface area (Å²) in [6.07, 6.45) is 3.68. The maximum absolute atomic E-state index is 13.0. The fourth-order valence-corrected chi connectivity index (χ4v) is 3.89. The number of rotatable bonds is 4. The first-order valence-corrected chi connectivity index (χ1v) is 9.19. The number of ether oxygens (including phenoxy) is 1. The Balaban J connectivity index is 1.72. The predicted octanol–water partition coefficient (Wildman–Crippen LogP) is 3.45. The first kappa shape index (κ1) is 17.3. The summed E-state index contributed by atoms with van der Waals surface area (Å²) in [6.45, 7) is 2.70. The molecular formula is C22H22N2O3. The number of para-hydroxylation sites is 2. The van der Waals surface area contributed by atoms with Crippen LogP contribution < -0.4 is 15.5 Å². The Morgan fingerprint density at radius 2 is 2.00 bits per heavy atom. The number of aromatic nitrogens is 1. The minimum Gasteiger partial charge on any atom is -0.496 e. The molecule has 1 N–H and O–H groups in total. The van der Waals surface area contributed by atoms with Gasteiger partial charge in [-0.1, -0.05) is 30.3 Å². The molecule has 2 heterocycles. The molecule has 138 valence electrons. The Labute approximate surface area is 157 Å². The van der Waals surface area contributed by atoms with E-state index in [2.05, 4.69) is 11.4 Å². The fourth-order valence-electron chi connectivity index (χ4n) is 3.89. The monoisotopic (exact) mass is 362 g/mol. The average Bonchev–Trinajstić information content (AvgIpc) is 2.70. The summed E-state index contributed by atoms with van der Waals surface area (Å²) >= 11 is 0. The van der Waals surface area contributed by atoms with E-state index in [1.54, 1.807) is 13.3 Å². The van der Waals surface area contributed by atoms with Crippen LogP contribution in [0.1, 0.15) is 40.9 Å². The highest BCUT2D eigenvalue weighted by Crippen LogP contribution is 2.26. The number of nitrogens with zero attached hydrogens (tertiary/aromatic N) is 1. The van der Waals surface area contributed by atoms with Gasteiger partial charge in [-0.3, -0.25) is 9.59 Å². The minimum atomic E-state index is -0.361. The maximum Gasteiger partial charge on any atom is 0.257 e. The first-order valence-electron chi connectivity index (χ1n) is 9.19. The van der Waals surface area contributed by atoms with Gasteiger partial charge >= 0.3 is 0 Å². The predicted molar refractivity (Wildman–Crippen MR) is 105 cm³/mol. The quantitative estimate of drug-likeness (QED) is 0.773. The van der Waals surface area contributed by atoms with Crippen molar-refractivity contribution in [3.05, 3.63) is 75.6 Å². The summed E-state index contributed by atoms with van der Waals surface area (Å²) in [4.78, 5) is 25.9. The summed E-state index contributed by atoms with van der Waals surface area (Å²) in [6, 6.07) is 13.0. The van der Waals surface area contributed by atoms with E-state index >= 15 is 0 Å². The standard InChI is InChI=1S/C22H22N2O3/c1-14(16-9-3-4-11-19(16)27-2)23-22(26)18-13-24-12-6-8-15-7-5-10-17(20(15)24)21(18)25/h3-5,7,9-11,13-14H,6,8,12H2,1-2H3,(H,23,26). The van der Waals surface area contributed by atoms with E-state index in [0.717, 1.165) is 30.5 Å². The molecule has 5 heteroatoms. The van der Waals surface area contributed by atoms with Gasteiger partial charge in [0.25, 0.3) is 5.91 Å². The molecule has 0 saturated heterocycles. The molecule has 3 aromatic rings. The number of hydrogen-bond donors (Lipinski definition) is 1. The average molecular weight is 362 g/mol. The molecule has 0 spiro atoms. The summed E-state index contributed by atoms with van der Waals surface area (Å²) in [5, 5.41) is 3.56. The molecule has 1 unspecified atom stereocenters. The number of benzene rings is 2. The van der Waals surface area contributed by atoms with Crippen LogP contribution in [0.15, 0.2) is 53.5 Å². The Morgan fingerprint density at radius 3 is 2.81 bits per heavy atom. The van der Waals surface area contributed by atoms with Gasteiger partial charge in [0.15, 0.2) is 0 Å². The second-order valence-corrected chi connectivity index (χ2v) is 6.92. The molecule has 0 aliphatic carbocycles. The van der Waals surface area contributed by atoms with Gasteiger partial charge in [-0.25, -0.2) is 0 Å². The molecule has 4 rings (SSSR count). The zero-order valence-electron chi connectivity index (χ0n) is 15.5. The smallest absolute Gasteiger partial charge is 0.257 e. The largest absolute Gasteiger partial charge is 0.496 e. The summed E-state index contributed by atoms with van der Waals surface area (Å²) in [5.74, 6) is 0.348. The van der Waals surface area contributed by atoms with Gasteiger partial charge < -0.3 is 14.6 Å². The van der Waals surface area contributed by atoms with Crippen LogP contribution in [0.25, 0.3) is 10.9 Å². The second kappa shape index (κ2) is 6.91. The number of aryl methyl sites for hydroxylation is 2. The highest BCUT2D eigenvalue weighted by atomic mass is 16.5. The van der Waals surface area contributed by atoms with Crippen molar-refractivity contribution in [2.45, 2.75) is 32.4 Å². The number of pyridine rings is 1. The van der Waals surface area contributed by atoms with Gasteiger partial charge in [0.1, 0.15) is 11.3 Å². The number of nitrogens with one attached hydrogen (secondary N) is 1. The Morgan fingerprint density at radius 1 is 1.19 bits per heavy atom. The van der Waals surface area contributed by atoms with E-state index in [1.807, 2.05) is 47.9 Å². The van der Waals surface area contributed by atoms with E-state index in [4.69, 9.17) is 4.74 Å². The fraction of sp³-hybridized carbons (Fsp3) is 0.273. The van der Waals surface area contributed by atoms with Crippen LogP contribution >= 0.6 is 0 Å². The van der Waals surface area contributed by atoms with Crippen molar-refractivity contribution in [2.24, 2.45) is 0 Å². The summed E-state index contributed by atoms with van der Waals surface area (Å²) in [5.41, 5.74) is 2.98. The van der Waals surface area contributed by atoms with Crippen molar-refractivity contribution in [3.63, 3.8) is 0 Å². The lowest BCUT2D eigenvalue weighted by Crippen LogP contribution is -2.32. The topological polar surface area (TPSA) is 60.3 Å². The number of hydrogen-bond acceptors (Lipinski definition) is 3. The Bertz CT molecular complexity index is 1080. The van der Waals surface area contributed by atoms with Crippen LogP contribution in [-0.4, -0.2) is 17.6 Å². The van der Waals surface area contributed by atoms with Crippen molar-refractivity contribution < 1.29 is 9.53 Å². The molecule has 0 saturated carbocycles. The number of carbonyl (C=O) groups is 1. The van der Waals surface area contributed by atoms with Gasteiger partial charge in [-0.05, 0) is 37.5 Å². The molecule has 5 nitrogen and oxygen atoms in total. The van der Waals surface area contributed by atoms with Crippen molar-refractivity contribution in [1.29, 1.82) is 0 Å². The molecule has 0 fully saturated rings. The zero-order chi connectivity index (χ0) is 19.0. The minimum absolute atomic E-state index is 0.184. The van der Waals surface area contributed by atoms with Crippen LogP contribution in [0.4, 0.5) is 0 Å². The Hall–Kier alpha value is -3.08. The van der Waals surface area contributed by atoms with Crippen molar-refractivity contribution in [2.75, 3.05) is 7.11 Å². The van der Waals surface area contributed by atoms with Gasteiger partial charge in [0.05, 0.1) is 18.7 Å². The van der Waals surface area contributed by atoms with Crippen LogP contribution in [-0.2, 0) is 13.0 Å². The first-order chi connectivity index (χ1) is 13.1. The van der Waals surface area contributed by atoms with Crippen LogP contribution in [0.5, 0.6) is 5.75 Å². The number of carbonyl (C=O) groups excluding carboxylic acids is 1. The van der Waals surface area contributed by atoms with Gasteiger partial charge in [0.2, 0.25) is 5.43 Å². The molecule has 1 aliphatic heterocycles. The molecule has 1 amide bonds. The highest BCUT2D eigenvalue weighted by molar-refractivity contribution is 5.98. The van der Waals surface area contributed by atoms with E-state index in [9.17, 15) is 9.59 Å². The molecule has 0 bridgehead atoms. The molecule has 1 aromatic heterocycles. The molecule has 2 aromatic carbocycles. The summed E-state index contributed by atoms with van der Waals surface area (Å²) < 4.78 is 7.42. The highest BCUT2D eigenvalue weighted by Gasteiger charge is 2.21. The number of methoxy groups -OCH3 is 1. The van der Waals surface area contributed by atoms with Gasteiger partial charge in [-0.2, -0.15) is 0 Å².